The van der Waals surface area contributed by atoms with Crippen LogP contribution in [0.4, 0.5) is 4.79 Å². The van der Waals surface area contributed by atoms with Gasteiger partial charge < -0.3 is 4.74 Å². The van der Waals surface area contributed by atoms with Crippen molar-refractivity contribution in [3.05, 3.63) is 71.8 Å². The van der Waals surface area contributed by atoms with Crippen molar-refractivity contribution in [3.8, 4) is 0 Å². The summed E-state index contributed by atoms with van der Waals surface area (Å²) in [4.78, 5) is 16.9. The first-order chi connectivity index (χ1) is 12.0. The standard InChI is InChI=1S/C21H26N2O2/c1-21(2)16-22(3)19(18-12-8-5-9-13-18)14-23(21)20(24)25-15-17-10-6-4-7-11-17/h4-13,19H,14-16H2,1-3H3. The molecular weight excluding hydrogens is 312 g/mol. The lowest BCUT2D eigenvalue weighted by Gasteiger charge is -2.49. The highest BCUT2D eigenvalue weighted by molar-refractivity contribution is 5.69. The molecule has 0 radical (unpaired) electrons. The Morgan fingerprint density at radius 1 is 1.08 bits per heavy atom. The van der Waals surface area contributed by atoms with Crippen molar-refractivity contribution in [2.75, 3.05) is 20.1 Å². The van der Waals surface area contributed by atoms with E-state index in [4.69, 9.17) is 4.74 Å². The van der Waals surface area contributed by atoms with Crippen molar-refractivity contribution in [1.82, 2.24) is 9.80 Å². The zero-order chi connectivity index (χ0) is 17.9. The van der Waals surface area contributed by atoms with Crippen molar-refractivity contribution in [2.45, 2.75) is 32.0 Å². The fourth-order valence-electron chi connectivity index (χ4n) is 3.52. The second-order valence-corrected chi connectivity index (χ2v) is 7.30. The topological polar surface area (TPSA) is 32.8 Å². The van der Waals surface area contributed by atoms with E-state index in [0.717, 1.165) is 12.1 Å². The molecule has 4 heteroatoms. The molecule has 132 valence electrons. The quantitative estimate of drug-likeness (QED) is 0.845. The Bertz CT molecular complexity index is 700. The normalized spacial score (nSPS) is 20.3. The minimum absolute atomic E-state index is 0.179. The lowest BCUT2D eigenvalue weighted by Crippen LogP contribution is -2.61. The highest BCUT2D eigenvalue weighted by atomic mass is 16.6. The average molecular weight is 338 g/mol. The Morgan fingerprint density at radius 3 is 2.32 bits per heavy atom. The summed E-state index contributed by atoms with van der Waals surface area (Å²) in [5.74, 6) is 0. The first-order valence-electron chi connectivity index (χ1n) is 8.71. The number of ether oxygens (including phenoxy) is 1. The van der Waals surface area contributed by atoms with Gasteiger partial charge in [-0.05, 0) is 32.0 Å². The van der Waals surface area contributed by atoms with E-state index in [1.807, 2.05) is 53.4 Å². The highest BCUT2D eigenvalue weighted by Crippen LogP contribution is 2.32. The van der Waals surface area contributed by atoms with E-state index in [0.29, 0.717) is 13.2 Å². The van der Waals surface area contributed by atoms with E-state index in [-0.39, 0.29) is 17.7 Å². The van der Waals surface area contributed by atoms with Gasteiger partial charge in [0.1, 0.15) is 6.61 Å². The van der Waals surface area contributed by atoms with Crippen LogP contribution in [0.3, 0.4) is 0 Å². The van der Waals surface area contributed by atoms with E-state index in [1.165, 1.54) is 5.56 Å². The van der Waals surface area contributed by atoms with Gasteiger partial charge in [0.15, 0.2) is 0 Å². The highest BCUT2D eigenvalue weighted by Gasteiger charge is 2.41. The van der Waals surface area contributed by atoms with Crippen LogP contribution in [0.15, 0.2) is 60.7 Å². The number of rotatable bonds is 3. The Hall–Kier alpha value is -2.33. The summed E-state index contributed by atoms with van der Waals surface area (Å²) in [6.45, 7) is 5.91. The van der Waals surface area contributed by atoms with Gasteiger partial charge in [0, 0.05) is 13.1 Å². The van der Waals surface area contributed by atoms with Gasteiger partial charge >= 0.3 is 6.09 Å². The van der Waals surface area contributed by atoms with E-state index in [2.05, 4.69) is 37.9 Å². The molecule has 1 fully saturated rings. The van der Waals surface area contributed by atoms with Crippen molar-refractivity contribution in [3.63, 3.8) is 0 Å². The molecule has 1 heterocycles. The Balaban J connectivity index is 1.72. The second-order valence-electron chi connectivity index (χ2n) is 7.30. The predicted octanol–water partition coefficient (Wildman–Crippen LogP) is 4.09. The number of amides is 1. The smallest absolute Gasteiger partial charge is 0.410 e. The lowest BCUT2D eigenvalue weighted by molar-refractivity contribution is -0.00990. The molecule has 0 spiro atoms. The Morgan fingerprint density at radius 2 is 1.68 bits per heavy atom. The van der Waals surface area contributed by atoms with Gasteiger partial charge in [-0.25, -0.2) is 4.79 Å². The number of hydrogen-bond acceptors (Lipinski definition) is 3. The van der Waals surface area contributed by atoms with Crippen LogP contribution in [-0.2, 0) is 11.3 Å². The third-order valence-electron chi connectivity index (χ3n) is 4.86. The molecule has 0 bridgehead atoms. The minimum Gasteiger partial charge on any atom is -0.445 e. The maximum absolute atomic E-state index is 12.8. The molecule has 2 aromatic carbocycles. The zero-order valence-corrected chi connectivity index (χ0v) is 15.2. The van der Waals surface area contributed by atoms with Gasteiger partial charge in [-0.3, -0.25) is 9.80 Å². The number of likely N-dealkylation sites (N-methyl/N-ethyl adjacent to an activating group) is 1. The molecule has 0 N–H and O–H groups in total. The summed E-state index contributed by atoms with van der Waals surface area (Å²) in [7, 11) is 2.12. The van der Waals surface area contributed by atoms with Crippen molar-refractivity contribution in [2.24, 2.45) is 0 Å². The molecule has 1 amide bonds. The van der Waals surface area contributed by atoms with E-state index in [9.17, 15) is 4.79 Å². The Kier molecular flexibility index (Phi) is 5.09. The number of piperazine rings is 1. The Labute approximate surface area is 150 Å². The number of hydrogen-bond donors (Lipinski definition) is 0. The van der Waals surface area contributed by atoms with E-state index in [1.54, 1.807) is 0 Å². The molecule has 1 atom stereocenters. The summed E-state index contributed by atoms with van der Waals surface area (Å²) in [6, 6.07) is 20.3. The maximum Gasteiger partial charge on any atom is 0.410 e. The molecule has 0 aliphatic carbocycles. The maximum atomic E-state index is 12.8. The van der Waals surface area contributed by atoms with Crippen LogP contribution in [0.2, 0.25) is 0 Å². The van der Waals surface area contributed by atoms with Gasteiger partial charge in [-0.15, -0.1) is 0 Å². The predicted molar refractivity (Wildman–Crippen MR) is 99.2 cm³/mol. The summed E-state index contributed by atoms with van der Waals surface area (Å²) in [5.41, 5.74) is 1.96. The number of benzene rings is 2. The molecule has 0 saturated carbocycles. The van der Waals surface area contributed by atoms with Gasteiger partial charge in [0.25, 0.3) is 0 Å². The summed E-state index contributed by atoms with van der Waals surface area (Å²) in [6.07, 6.45) is -0.247. The van der Waals surface area contributed by atoms with Crippen molar-refractivity contribution < 1.29 is 9.53 Å². The second kappa shape index (κ2) is 7.28. The van der Waals surface area contributed by atoms with Gasteiger partial charge in [-0.1, -0.05) is 60.7 Å². The minimum atomic E-state index is -0.270. The molecule has 3 rings (SSSR count). The van der Waals surface area contributed by atoms with Crippen LogP contribution in [0.5, 0.6) is 0 Å². The third kappa shape index (κ3) is 4.02. The van der Waals surface area contributed by atoms with E-state index < -0.39 is 0 Å². The number of carbonyl (C=O) groups excluding carboxylic acids is 1. The van der Waals surface area contributed by atoms with Crippen molar-refractivity contribution >= 4 is 6.09 Å². The van der Waals surface area contributed by atoms with Gasteiger partial charge in [-0.2, -0.15) is 0 Å². The molecule has 4 nitrogen and oxygen atoms in total. The number of carbonyl (C=O) groups is 1. The lowest BCUT2D eigenvalue weighted by atomic mass is 9.93. The number of nitrogens with zero attached hydrogens (tertiary/aromatic N) is 2. The largest absolute Gasteiger partial charge is 0.445 e. The van der Waals surface area contributed by atoms with E-state index >= 15 is 0 Å². The molecule has 2 aromatic rings. The van der Waals surface area contributed by atoms with Crippen LogP contribution in [0.25, 0.3) is 0 Å². The van der Waals surface area contributed by atoms with Crippen molar-refractivity contribution in [1.29, 1.82) is 0 Å². The third-order valence-corrected chi connectivity index (χ3v) is 4.86. The fraction of sp³-hybridized carbons (Fsp3) is 0.381. The first-order valence-corrected chi connectivity index (χ1v) is 8.71. The molecule has 1 saturated heterocycles. The molecular formula is C21H26N2O2. The van der Waals surface area contributed by atoms with Gasteiger partial charge in [0.2, 0.25) is 0 Å². The molecule has 25 heavy (non-hydrogen) atoms. The van der Waals surface area contributed by atoms with Gasteiger partial charge in [0.05, 0.1) is 11.6 Å². The van der Waals surface area contributed by atoms with Crippen LogP contribution in [0.1, 0.15) is 31.0 Å². The zero-order valence-electron chi connectivity index (χ0n) is 15.2. The average Bonchev–Trinajstić information content (AvgIpc) is 2.60. The molecule has 0 aromatic heterocycles. The van der Waals surface area contributed by atoms with Crippen LogP contribution < -0.4 is 0 Å². The fourth-order valence-corrected chi connectivity index (χ4v) is 3.52. The molecule has 1 unspecified atom stereocenters. The summed E-state index contributed by atoms with van der Waals surface area (Å²) >= 11 is 0. The summed E-state index contributed by atoms with van der Waals surface area (Å²) < 4.78 is 5.59. The van der Waals surface area contributed by atoms with Crippen LogP contribution in [0, 0.1) is 0 Å². The SMILES string of the molecule is CN1CC(C)(C)N(C(=O)OCc2ccccc2)CC1c1ccccc1. The molecule has 1 aliphatic rings. The molecule has 1 aliphatic heterocycles. The first kappa shape index (κ1) is 17.5. The summed E-state index contributed by atoms with van der Waals surface area (Å²) in [5, 5.41) is 0. The van der Waals surface area contributed by atoms with Crippen LogP contribution >= 0.6 is 0 Å². The van der Waals surface area contributed by atoms with Crippen LogP contribution in [-0.4, -0.2) is 41.6 Å². The monoisotopic (exact) mass is 338 g/mol.